The molecule has 0 amide bonds. The van der Waals surface area contributed by atoms with Gasteiger partial charge in [-0.05, 0) is 18.6 Å². The summed E-state index contributed by atoms with van der Waals surface area (Å²) in [6, 6.07) is 4.48. The molecule has 2 rings (SSSR count). The molecule has 0 aliphatic carbocycles. The van der Waals surface area contributed by atoms with Crippen LogP contribution >= 0.6 is 0 Å². The van der Waals surface area contributed by atoms with Gasteiger partial charge in [0, 0.05) is 31.4 Å². The Morgan fingerprint density at radius 1 is 1.33 bits per heavy atom. The second-order valence-electron chi connectivity index (χ2n) is 4.35. The first-order valence-corrected chi connectivity index (χ1v) is 6.23. The molecule has 0 spiro atoms. The van der Waals surface area contributed by atoms with Gasteiger partial charge in [-0.1, -0.05) is 0 Å². The number of ether oxygens (including phenoxy) is 2. The minimum atomic E-state index is -0.402. The van der Waals surface area contributed by atoms with Crippen LogP contribution in [-0.2, 0) is 4.74 Å². The standard InChI is InChI=1S/C13H19FN2O2/c14-12-10-11(15)2-3-13(12)18-7-1-4-16-5-8-17-9-6-16/h2-3,10H,1,4-9,15H2. The van der Waals surface area contributed by atoms with Crippen LogP contribution in [0.15, 0.2) is 18.2 Å². The van der Waals surface area contributed by atoms with Crippen LogP contribution in [0.1, 0.15) is 6.42 Å². The Morgan fingerprint density at radius 3 is 2.83 bits per heavy atom. The van der Waals surface area contributed by atoms with Crippen molar-refractivity contribution in [2.75, 3.05) is 45.2 Å². The SMILES string of the molecule is Nc1ccc(OCCCN2CCOCC2)c(F)c1. The van der Waals surface area contributed by atoms with Gasteiger partial charge in [-0.3, -0.25) is 4.90 Å². The molecule has 0 atom stereocenters. The van der Waals surface area contributed by atoms with Gasteiger partial charge in [0.2, 0.25) is 0 Å². The Morgan fingerprint density at radius 2 is 2.11 bits per heavy atom. The first-order valence-electron chi connectivity index (χ1n) is 6.23. The van der Waals surface area contributed by atoms with E-state index in [0.29, 0.717) is 12.3 Å². The van der Waals surface area contributed by atoms with Crippen LogP contribution in [0.5, 0.6) is 5.75 Å². The normalized spacial score (nSPS) is 16.7. The third kappa shape index (κ3) is 3.85. The third-order valence-corrected chi connectivity index (χ3v) is 2.94. The maximum Gasteiger partial charge on any atom is 0.167 e. The van der Waals surface area contributed by atoms with Crippen molar-refractivity contribution in [3.63, 3.8) is 0 Å². The monoisotopic (exact) mass is 254 g/mol. The van der Waals surface area contributed by atoms with Gasteiger partial charge in [0.05, 0.1) is 19.8 Å². The molecule has 100 valence electrons. The number of nitrogen functional groups attached to an aromatic ring is 1. The molecule has 18 heavy (non-hydrogen) atoms. The molecule has 0 aromatic heterocycles. The van der Waals surface area contributed by atoms with Gasteiger partial charge in [-0.15, -0.1) is 0 Å². The van der Waals surface area contributed by atoms with Crippen LogP contribution < -0.4 is 10.5 Å². The Labute approximate surface area is 106 Å². The number of rotatable bonds is 5. The zero-order valence-electron chi connectivity index (χ0n) is 10.4. The van der Waals surface area contributed by atoms with Crippen LogP contribution in [-0.4, -0.2) is 44.4 Å². The number of halogens is 1. The first-order chi connectivity index (χ1) is 8.75. The molecular weight excluding hydrogens is 235 g/mol. The van der Waals surface area contributed by atoms with Gasteiger partial charge >= 0.3 is 0 Å². The molecule has 0 bridgehead atoms. The second kappa shape index (κ2) is 6.56. The molecule has 1 fully saturated rings. The summed E-state index contributed by atoms with van der Waals surface area (Å²) in [4.78, 5) is 2.33. The third-order valence-electron chi connectivity index (χ3n) is 2.94. The van der Waals surface area contributed by atoms with Crippen molar-refractivity contribution in [2.45, 2.75) is 6.42 Å². The molecule has 1 aliphatic rings. The van der Waals surface area contributed by atoms with E-state index in [1.807, 2.05) is 0 Å². The molecule has 1 heterocycles. The summed E-state index contributed by atoms with van der Waals surface area (Å²) in [5, 5.41) is 0. The predicted octanol–water partition coefficient (Wildman–Crippen LogP) is 1.51. The topological polar surface area (TPSA) is 47.7 Å². The maximum absolute atomic E-state index is 13.4. The van der Waals surface area contributed by atoms with Gasteiger partial charge in [-0.2, -0.15) is 0 Å². The molecule has 0 saturated carbocycles. The molecule has 4 nitrogen and oxygen atoms in total. The number of hydrogen-bond donors (Lipinski definition) is 1. The van der Waals surface area contributed by atoms with Gasteiger partial charge < -0.3 is 15.2 Å². The summed E-state index contributed by atoms with van der Waals surface area (Å²) in [5.74, 6) is -0.132. The number of hydrogen-bond acceptors (Lipinski definition) is 4. The summed E-state index contributed by atoms with van der Waals surface area (Å²) in [6.45, 7) is 5.01. The zero-order chi connectivity index (χ0) is 12.8. The molecule has 1 aliphatic heterocycles. The number of morpholine rings is 1. The Balaban J connectivity index is 1.68. The predicted molar refractivity (Wildman–Crippen MR) is 68.2 cm³/mol. The molecule has 1 aromatic rings. The minimum Gasteiger partial charge on any atom is -0.490 e. The molecule has 1 saturated heterocycles. The summed E-state index contributed by atoms with van der Waals surface area (Å²) in [7, 11) is 0. The van der Waals surface area contributed by atoms with Crippen LogP contribution in [0.4, 0.5) is 10.1 Å². The number of anilines is 1. The van der Waals surface area contributed by atoms with E-state index in [1.54, 1.807) is 12.1 Å². The van der Waals surface area contributed by atoms with Crippen LogP contribution in [0, 0.1) is 5.82 Å². The van der Waals surface area contributed by atoms with E-state index in [1.165, 1.54) is 6.07 Å². The Kier molecular flexibility index (Phi) is 4.78. The summed E-state index contributed by atoms with van der Waals surface area (Å²) in [6.07, 6.45) is 0.879. The second-order valence-corrected chi connectivity index (χ2v) is 4.35. The van der Waals surface area contributed by atoms with E-state index in [0.717, 1.165) is 39.3 Å². The van der Waals surface area contributed by atoms with Gasteiger partial charge in [0.15, 0.2) is 11.6 Å². The Bertz CT molecular complexity index is 381. The van der Waals surface area contributed by atoms with E-state index in [9.17, 15) is 4.39 Å². The fraction of sp³-hybridized carbons (Fsp3) is 0.538. The molecular formula is C13H19FN2O2. The van der Waals surface area contributed by atoms with E-state index < -0.39 is 5.82 Å². The van der Waals surface area contributed by atoms with E-state index in [2.05, 4.69) is 4.90 Å². The molecule has 2 N–H and O–H groups in total. The Hall–Kier alpha value is -1.33. The quantitative estimate of drug-likeness (QED) is 0.639. The average molecular weight is 254 g/mol. The van der Waals surface area contributed by atoms with Crippen molar-refractivity contribution < 1.29 is 13.9 Å². The summed E-state index contributed by atoms with van der Waals surface area (Å²) < 4.78 is 24.1. The van der Waals surface area contributed by atoms with Crippen molar-refractivity contribution in [2.24, 2.45) is 0 Å². The van der Waals surface area contributed by atoms with E-state index in [-0.39, 0.29) is 5.75 Å². The average Bonchev–Trinajstić information content (AvgIpc) is 2.38. The fourth-order valence-electron chi connectivity index (χ4n) is 1.93. The smallest absolute Gasteiger partial charge is 0.167 e. The lowest BCUT2D eigenvalue weighted by Gasteiger charge is -2.26. The highest BCUT2D eigenvalue weighted by Gasteiger charge is 2.09. The number of nitrogens with zero attached hydrogens (tertiary/aromatic N) is 1. The largest absolute Gasteiger partial charge is 0.490 e. The number of nitrogens with two attached hydrogens (primary N) is 1. The van der Waals surface area contributed by atoms with Crippen LogP contribution in [0.25, 0.3) is 0 Å². The molecule has 0 unspecified atom stereocenters. The highest BCUT2D eigenvalue weighted by atomic mass is 19.1. The van der Waals surface area contributed by atoms with Gasteiger partial charge in [0.1, 0.15) is 0 Å². The lowest BCUT2D eigenvalue weighted by Crippen LogP contribution is -2.37. The zero-order valence-corrected chi connectivity index (χ0v) is 10.4. The van der Waals surface area contributed by atoms with Crippen LogP contribution in [0.2, 0.25) is 0 Å². The highest BCUT2D eigenvalue weighted by molar-refractivity contribution is 5.42. The van der Waals surface area contributed by atoms with Gasteiger partial charge in [-0.25, -0.2) is 4.39 Å². The molecule has 0 radical (unpaired) electrons. The van der Waals surface area contributed by atoms with E-state index >= 15 is 0 Å². The molecule has 5 heteroatoms. The van der Waals surface area contributed by atoms with Crippen molar-refractivity contribution in [1.29, 1.82) is 0 Å². The fourth-order valence-corrected chi connectivity index (χ4v) is 1.93. The van der Waals surface area contributed by atoms with Gasteiger partial charge in [0.25, 0.3) is 0 Å². The number of benzene rings is 1. The van der Waals surface area contributed by atoms with Crippen LogP contribution in [0.3, 0.4) is 0 Å². The van der Waals surface area contributed by atoms with Crippen molar-refractivity contribution in [3.05, 3.63) is 24.0 Å². The highest BCUT2D eigenvalue weighted by Crippen LogP contribution is 2.19. The lowest BCUT2D eigenvalue weighted by atomic mass is 10.3. The molecule has 1 aromatic carbocycles. The summed E-state index contributed by atoms with van der Waals surface area (Å²) in [5.41, 5.74) is 5.88. The first kappa shape index (κ1) is 13.1. The van der Waals surface area contributed by atoms with E-state index in [4.69, 9.17) is 15.2 Å². The minimum absolute atomic E-state index is 0.270. The van der Waals surface area contributed by atoms with Crippen molar-refractivity contribution in [1.82, 2.24) is 4.90 Å². The van der Waals surface area contributed by atoms with Crippen molar-refractivity contribution >= 4 is 5.69 Å². The van der Waals surface area contributed by atoms with Crippen molar-refractivity contribution in [3.8, 4) is 5.75 Å². The summed E-state index contributed by atoms with van der Waals surface area (Å²) >= 11 is 0. The maximum atomic E-state index is 13.4. The lowest BCUT2D eigenvalue weighted by molar-refractivity contribution is 0.0357.